The van der Waals surface area contributed by atoms with Crippen LogP contribution in [0, 0.1) is 13.8 Å². The van der Waals surface area contributed by atoms with Crippen LogP contribution in [0.25, 0.3) is 22.0 Å². The van der Waals surface area contributed by atoms with Gasteiger partial charge < -0.3 is 9.52 Å². The smallest absolute Gasteiger partial charge is 0.338 e. The van der Waals surface area contributed by atoms with E-state index in [1.165, 1.54) is 34.8 Å². The Balaban J connectivity index is 1.99. The van der Waals surface area contributed by atoms with Crippen LogP contribution in [0.1, 0.15) is 21.5 Å². The van der Waals surface area contributed by atoms with Gasteiger partial charge in [-0.1, -0.05) is 18.2 Å². The number of rotatable bonds is 3. The van der Waals surface area contributed by atoms with Gasteiger partial charge in [0.1, 0.15) is 17.0 Å². The van der Waals surface area contributed by atoms with Crippen molar-refractivity contribution in [2.24, 2.45) is 0 Å². The molecule has 3 aromatic rings. The van der Waals surface area contributed by atoms with Crippen LogP contribution in [0.15, 0.2) is 40.3 Å². The number of carboxylic acids is 1. The lowest BCUT2D eigenvalue weighted by molar-refractivity contribution is 0.0696. The first-order valence-electron chi connectivity index (χ1n) is 6.40. The van der Waals surface area contributed by atoms with E-state index in [4.69, 9.17) is 9.52 Å². The molecule has 21 heavy (non-hydrogen) atoms. The predicted octanol–water partition coefficient (Wildman–Crippen LogP) is 4.39. The lowest BCUT2D eigenvalue weighted by Crippen LogP contribution is -1.91. The zero-order valence-electron chi connectivity index (χ0n) is 11.6. The number of furan rings is 1. The highest BCUT2D eigenvalue weighted by molar-refractivity contribution is 7.13. The fraction of sp³-hybridized carbons (Fsp3) is 0.125. The second-order valence-corrected chi connectivity index (χ2v) is 5.65. The van der Waals surface area contributed by atoms with E-state index in [9.17, 15) is 4.79 Å². The highest BCUT2D eigenvalue weighted by atomic mass is 32.1. The summed E-state index contributed by atoms with van der Waals surface area (Å²) in [4.78, 5) is 15.4. The fourth-order valence-corrected chi connectivity index (χ4v) is 2.97. The molecule has 5 heteroatoms. The second-order valence-electron chi connectivity index (χ2n) is 4.79. The van der Waals surface area contributed by atoms with Crippen LogP contribution in [-0.4, -0.2) is 16.1 Å². The highest BCUT2D eigenvalue weighted by Gasteiger charge is 2.14. The Kier molecular flexibility index (Phi) is 3.35. The number of nitrogens with zero attached hydrogens (tertiary/aromatic N) is 1. The monoisotopic (exact) mass is 299 g/mol. The minimum atomic E-state index is -1.00. The number of carbonyl (C=O) groups is 1. The zero-order valence-corrected chi connectivity index (χ0v) is 12.4. The summed E-state index contributed by atoms with van der Waals surface area (Å²) < 4.78 is 5.28. The Bertz CT molecular complexity index is 817. The molecule has 0 saturated carbocycles. The minimum Gasteiger partial charge on any atom is -0.478 e. The second kappa shape index (κ2) is 5.18. The Labute approximate surface area is 125 Å². The van der Waals surface area contributed by atoms with E-state index in [1.54, 1.807) is 0 Å². The van der Waals surface area contributed by atoms with E-state index < -0.39 is 5.97 Å². The van der Waals surface area contributed by atoms with Gasteiger partial charge in [-0.2, -0.15) is 0 Å². The molecule has 1 aromatic carbocycles. The number of thiazole rings is 1. The van der Waals surface area contributed by atoms with Gasteiger partial charge in [0, 0.05) is 17.0 Å². The number of hydrogen-bond donors (Lipinski definition) is 1. The summed E-state index contributed by atoms with van der Waals surface area (Å²) in [6.45, 7) is 4.14. The van der Waals surface area contributed by atoms with E-state index in [0.29, 0.717) is 11.5 Å². The lowest BCUT2D eigenvalue weighted by Gasteiger charge is -2.04. The highest BCUT2D eigenvalue weighted by Crippen LogP contribution is 2.32. The van der Waals surface area contributed by atoms with Crippen LogP contribution >= 0.6 is 11.3 Å². The van der Waals surface area contributed by atoms with Crippen LogP contribution in [0.3, 0.4) is 0 Å². The van der Waals surface area contributed by atoms with Crippen molar-refractivity contribution in [2.75, 3.05) is 0 Å². The third-order valence-corrected chi connectivity index (χ3v) is 4.31. The van der Waals surface area contributed by atoms with Gasteiger partial charge in [-0.3, -0.25) is 0 Å². The van der Waals surface area contributed by atoms with Crippen molar-refractivity contribution in [3.63, 3.8) is 0 Å². The van der Waals surface area contributed by atoms with Crippen molar-refractivity contribution in [2.45, 2.75) is 13.8 Å². The van der Waals surface area contributed by atoms with Crippen molar-refractivity contribution in [3.05, 3.63) is 52.6 Å². The summed E-state index contributed by atoms with van der Waals surface area (Å²) in [5.41, 5.74) is 4.30. The molecule has 0 unspecified atom stereocenters. The Morgan fingerprint density at radius 3 is 2.86 bits per heavy atom. The standard InChI is InChI=1S/C16H13NO3S/c1-9-4-3-5-12(10(9)2)15-17-13(8-21-15)14-6-11(7-20-14)16(18)19/h3-8H,1-2H3,(H,18,19). The number of aromatic carboxylic acids is 1. The quantitative estimate of drug-likeness (QED) is 0.779. The van der Waals surface area contributed by atoms with E-state index in [1.807, 2.05) is 17.5 Å². The van der Waals surface area contributed by atoms with E-state index in [2.05, 4.69) is 24.9 Å². The van der Waals surface area contributed by atoms with Crippen molar-refractivity contribution in [3.8, 4) is 22.0 Å². The number of carboxylic acid groups (broad SMARTS) is 1. The van der Waals surface area contributed by atoms with Gasteiger partial charge in [-0.25, -0.2) is 9.78 Å². The SMILES string of the molecule is Cc1cccc(-c2nc(-c3cc(C(=O)O)co3)cs2)c1C. The average Bonchev–Trinajstić information content (AvgIpc) is 3.09. The molecule has 0 saturated heterocycles. The maximum absolute atomic E-state index is 10.9. The first-order chi connectivity index (χ1) is 10.1. The molecule has 2 aromatic heterocycles. The van der Waals surface area contributed by atoms with Crippen LogP contribution < -0.4 is 0 Å². The van der Waals surface area contributed by atoms with Crippen LogP contribution in [0.4, 0.5) is 0 Å². The van der Waals surface area contributed by atoms with Crippen LogP contribution in [0.2, 0.25) is 0 Å². The molecule has 0 amide bonds. The Morgan fingerprint density at radius 2 is 2.14 bits per heavy atom. The number of hydrogen-bond acceptors (Lipinski definition) is 4. The third-order valence-electron chi connectivity index (χ3n) is 3.44. The maximum Gasteiger partial charge on any atom is 0.338 e. The first-order valence-corrected chi connectivity index (χ1v) is 7.28. The van der Waals surface area contributed by atoms with Gasteiger partial charge in [-0.05, 0) is 25.0 Å². The van der Waals surface area contributed by atoms with Gasteiger partial charge in [-0.15, -0.1) is 11.3 Å². The topological polar surface area (TPSA) is 63.3 Å². The summed E-state index contributed by atoms with van der Waals surface area (Å²) in [6.07, 6.45) is 1.23. The lowest BCUT2D eigenvalue weighted by atomic mass is 10.0. The number of aryl methyl sites for hydroxylation is 1. The molecule has 2 heterocycles. The van der Waals surface area contributed by atoms with Crippen LogP contribution in [-0.2, 0) is 0 Å². The molecule has 0 spiro atoms. The van der Waals surface area contributed by atoms with E-state index >= 15 is 0 Å². The molecule has 1 N–H and O–H groups in total. The largest absolute Gasteiger partial charge is 0.478 e. The van der Waals surface area contributed by atoms with Crippen LogP contribution in [0.5, 0.6) is 0 Å². The zero-order chi connectivity index (χ0) is 15.0. The summed E-state index contributed by atoms with van der Waals surface area (Å²) in [5, 5.41) is 11.7. The van der Waals surface area contributed by atoms with Gasteiger partial charge in [0.25, 0.3) is 0 Å². The molecule has 106 valence electrons. The fourth-order valence-electron chi connectivity index (χ4n) is 2.08. The molecule has 0 aliphatic rings. The molecule has 0 fully saturated rings. The Morgan fingerprint density at radius 1 is 1.33 bits per heavy atom. The van der Waals surface area contributed by atoms with Gasteiger partial charge >= 0.3 is 5.97 Å². The van der Waals surface area contributed by atoms with Crippen molar-refractivity contribution >= 4 is 17.3 Å². The Hall–Kier alpha value is -2.40. The molecule has 0 atom stereocenters. The summed E-state index contributed by atoms with van der Waals surface area (Å²) in [7, 11) is 0. The normalized spacial score (nSPS) is 10.8. The summed E-state index contributed by atoms with van der Waals surface area (Å²) >= 11 is 1.52. The van der Waals surface area contributed by atoms with Crippen molar-refractivity contribution in [1.82, 2.24) is 4.98 Å². The van der Waals surface area contributed by atoms with Gasteiger partial charge in [0.15, 0.2) is 5.76 Å². The molecular formula is C16H13NO3S. The molecule has 0 bridgehead atoms. The summed E-state index contributed by atoms with van der Waals surface area (Å²) in [6, 6.07) is 7.60. The molecule has 0 aliphatic heterocycles. The molecular weight excluding hydrogens is 286 g/mol. The van der Waals surface area contributed by atoms with E-state index in [-0.39, 0.29) is 5.56 Å². The van der Waals surface area contributed by atoms with Crippen molar-refractivity contribution in [1.29, 1.82) is 0 Å². The number of aromatic nitrogens is 1. The molecule has 3 rings (SSSR count). The molecule has 4 nitrogen and oxygen atoms in total. The average molecular weight is 299 g/mol. The van der Waals surface area contributed by atoms with Gasteiger partial charge in [0.2, 0.25) is 0 Å². The summed E-state index contributed by atoms with van der Waals surface area (Å²) in [5.74, 6) is -0.532. The molecule has 0 aliphatic carbocycles. The first kappa shape index (κ1) is 13.6. The van der Waals surface area contributed by atoms with E-state index in [0.717, 1.165) is 10.6 Å². The predicted molar refractivity (Wildman–Crippen MR) is 81.7 cm³/mol. The van der Waals surface area contributed by atoms with Gasteiger partial charge in [0.05, 0.1) is 5.56 Å². The third kappa shape index (κ3) is 2.48. The number of benzene rings is 1. The minimum absolute atomic E-state index is 0.131. The molecule has 0 radical (unpaired) electrons. The van der Waals surface area contributed by atoms with Crippen molar-refractivity contribution < 1.29 is 14.3 Å². The maximum atomic E-state index is 10.9.